The summed E-state index contributed by atoms with van der Waals surface area (Å²) in [6.07, 6.45) is 0. The molecule has 35 heavy (non-hydrogen) atoms. The van der Waals surface area contributed by atoms with Crippen molar-refractivity contribution in [1.82, 2.24) is 10.2 Å². The number of halogens is 2. The molecule has 0 bridgehead atoms. The van der Waals surface area contributed by atoms with Crippen molar-refractivity contribution in [2.75, 3.05) is 17.2 Å². The molecule has 2 aliphatic rings. The molecule has 0 aromatic heterocycles. The number of anilines is 1. The van der Waals surface area contributed by atoms with Crippen LogP contribution in [0.25, 0.3) is 0 Å². The number of carbonyl (C=O) groups is 2. The van der Waals surface area contributed by atoms with Crippen LogP contribution in [0.5, 0.6) is 0 Å². The van der Waals surface area contributed by atoms with Crippen molar-refractivity contribution < 1.29 is 18.4 Å². The Morgan fingerprint density at radius 1 is 1.06 bits per heavy atom. The van der Waals surface area contributed by atoms with Gasteiger partial charge in [0.25, 0.3) is 5.91 Å². The Kier molecular flexibility index (Phi) is 6.01. The number of nitrogens with one attached hydrogen (secondary N) is 1. The third kappa shape index (κ3) is 4.05. The summed E-state index contributed by atoms with van der Waals surface area (Å²) in [5.41, 5.74) is 4.60. The van der Waals surface area contributed by atoms with Crippen LogP contribution in [0.1, 0.15) is 27.8 Å². The summed E-state index contributed by atoms with van der Waals surface area (Å²) in [7, 11) is 0. The van der Waals surface area contributed by atoms with Gasteiger partial charge in [-0.2, -0.15) is 0 Å². The number of amides is 3. The van der Waals surface area contributed by atoms with Crippen LogP contribution in [0.3, 0.4) is 0 Å². The molecule has 2 heterocycles. The minimum Gasteiger partial charge on any atom is -0.334 e. The summed E-state index contributed by atoms with van der Waals surface area (Å²) in [6, 6.07) is 16.6. The van der Waals surface area contributed by atoms with Gasteiger partial charge in [0.1, 0.15) is 11.6 Å². The number of hydrogen-bond acceptors (Lipinski definition) is 3. The monoisotopic (exact) mass is 493 g/mol. The van der Waals surface area contributed by atoms with Crippen molar-refractivity contribution in [3.05, 3.63) is 100 Å². The predicted octanol–water partition coefficient (Wildman–Crippen LogP) is 5.24. The summed E-state index contributed by atoms with van der Waals surface area (Å²) in [6.45, 7) is 4.62. The molecule has 2 aliphatic heterocycles. The van der Waals surface area contributed by atoms with Crippen molar-refractivity contribution in [2.24, 2.45) is 0 Å². The Morgan fingerprint density at radius 2 is 1.86 bits per heavy atom. The molecule has 1 saturated heterocycles. The van der Waals surface area contributed by atoms with Crippen molar-refractivity contribution in [3.63, 3.8) is 0 Å². The van der Waals surface area contributed by atoms with Crippen LogP contribution in [0.2, 0.25) is 0 Å². The second-order valence-corrected chi connectivity index (χ2v) is 10.2. The number of hydrogen-bond donors (Lipinski definition) is 1. The standard InChI is InChI=1S/C27H25F2N3O2S/c1-17-4-3-5-19(12-17)15-30-26(34)32-10-11-35-27(32)22-13-18(2)6-9-24(22)31(25(27)33)16-20-7-8-21(28)14-23(20)29/h3-9,12-14H,10-11,15-16H2,1-2H3,(H,30,34)/t27-/m1/s1. The third-order valence-corrected chi connectivity index (χ3v) is 7.88. The van der Waals surface area contributed by atoms with Crippen LogP contribution in [0, 0.1) is 25.5 Å². The predicted molar refractivity (Wildman–Crippen MR) is 133 cm³/mol. The molecule has 3 amide bonds. The second-order valence-electron chi connectivity index (χ2n) is 8.94. The molecule has 1 N–H and O–H groups in total. The van der Waals surface area contributed by atoms with E-state index in [2.05, 4.69) is 5.32 Å². The first kappa shape index (κ1) is 23.4. The zero-order valence-corrected chi connectivity index (χ0v) is 20.3. The van der Waals surface area contributed by atoms with Crippen molar-refractivity contribution >= 4 is 29.4 Å². The quantitative estimate of drug-likeness (QED) is 0.541. The second kappa shape index (κ2) is 9.00. The van der Waals surface area contributed by atoms with Crippen LogP contribution in [0.4, 0.5) is 19.3 Å². The van der Waals surface area contributed by atoms with Gasteiger partial charge in [0.05, 0.1) is 12.2 Å². The molecule has 3 aromatic rings. The number of rotatable bonds is 4. The topological polar surface area (TPSA) is 52.7 Å². The van der Waals surface area contributed by atoms with E-state index in [0.29, 0.717) is 24.5 Å². The highest BCUT2D eigenvalue weighted by Crippen LogP contribution is 2.54. The van der Waals surface area contributed by atoms with Gasteiger partial charge in [0.2, 0.25) is 0 Å². The van der Waals surface area contributed by atoms with E-state index < -0.39 is 16.5 Å². The van der Waals surface area contributed by atoms with Crippen LogP contribution in [-0.4, -0.2) is 29.1 Å². The molecule has 3 aromatic carbocycles. The Hall–Kier alpha value is -3.39. The smallest absolute Gasteiger partial charge is 0.319 e. The maximum atomic E-state index is 14.5. The van der Waals surface area contributed by atoms with E-state index in [1.807, 2.05) is 56.3 Å². The van der Waals surface area contributed by atoms with E-state index in [1.165, 1.54) is 28.8 Å². The van der Waals surface area contributed by atoms with Crippen molar-refractivity contribution in [2.45, 2.75) is 31.8 Å². The minimum absolute atomic E-state index is 0.0535. The lowest BCUT2D eigenvalue weighted by atomic mass is 10.0. The fraction of sp³-hybridized carbons (Fsp3) is 0.259. The van der Waals surface area contributed by atoms with Crippen LogP contribution < -0.4 is 10.2 Å². The van der Waals surface area contributed by atoms with Gasteiger partial charge in [0.15, 0.2) is 4.87 Å². The summed E-state index contributed by atoms with van der Waals surface area (Å²) in [5.74, 6) is -1.08. The Labute approximate surface area is 207 Å². The SMILES string of the molecule is Cc1cccc(CNC(=O)N2CCS[C@]23C(=O)N(Cc2ccc(F)cc2F)c2ccc(C)cc23)c1. The number of fused-ring (bicyclic) bond motifs is 2. The minimum atomic E-state index is -1.23. The van der Waals surface area contributed by atoms with Crippen LogP contribution in [0.15, 0.2) is 60.7 Å². The first-order valence-electron chi connectivity index (χ1n) is 11.4. The molecule has 5 nitrogen and oxygen atoms in total. The number of aryl methyl sites for hydroxylation is 2. The molecular formula is C27H25F2N3O2S. The maximum Gasteiger partial charge on any atom is 0.319 e. The highest BCUT2D eigenvalue weighted by atomic mass is 32.2. The average Bonchev–Trinajstić information content (AvgIpc) is 3.36. The summed E-state index contributed by atoms with van der Waals surface area (Å²) >= 11 is 1.41. The Bertz CT molecular complexity index is 1330. The molecule has 1 atom stereocenters. The molecule has 5 rings (SSSR count). The normalized spacial score (nSPS) is 18.9. The molecule has 1 fully saturated rings. The van der Waals surface area contributed by atoms with Gasteiger partial charge in [-0.25, -0.2) is 13.6 Å². The molecule has 1 spiro atoms. The largest absolute Gasteiger partial charge is 0.334 e. The number of nitrogens with zero attached hydrogens (tertiary/aromatic N) is 2. The summed E-state index contributed by atoms with van der Waals surface area (Å²) in [5, 5.41) is 2.97. The Morgan fingerprint density at radius 3 is 2.63 bits per heavy atom. The number of thioether (sulfide) groups is 1. The number of urea groups is 1. The number of carbonyl (C=O) groups excluding carboxylic acids is 2. The van der Waals surface area contributed by atoms with E-state index in [4.69, 9.17) is 0 Å². The summed E-state index contributed by atoms with van der Waals surface area (Å²) < 4.78 is 27.9. The number of benzene rings is 3. The Balaban J connectivity index is 1.48. The van der Waals surface area contributed by atoms with E-state index in [1.54, 1.807) is 4.90 Å². The van der Waals surface area contributed by atoms with Crippen molar-refractivity contribution in [3.8, 4) is 0 Å². The molecule has 0 saturated carbocycles. The first-order chi connectivity index (χ1) is 16.8. The van der Waals surface area contributed by atoms with Gasteiger partial charge < -0.3 is 10.2 Å². The zero-order valence-electron chi connectivity index (χ0n) is 19.5. The van der Waals surface area contributed by atoms with Gasteiger partial charge in [0, 0.05) is 36.0 Å². The molecule has 8 heteroatoms. The lowest BCUT2D eigenvalue weighted by molar-refractivity contribution is -0.123. The van der Waals surface area contributed by atoms with Crippen LogP contribution in [-0.2, 0) is 22.8 Å². The first-order valence-corrected chi connectivity index (χ1v) is 12.4. The van der Waals surface area contributed by atoms with Crippen molar-refractivity contribution in [1.29, 1.82) is 0 Å². The zero-order chi connectivity index (χ0) is 24.7. The lowest BCUT2D eigenvalue weighted by Crippen LogP contribution is -2.53. The van der Waals surface area contributed by atoms with Crippen LogP contribution >= 0.6 is 11.8 Å². The van der Waals surface area contributed by atoms with E-state index in [0.717, 1.165) is 28.3 Å². The maximum absolute atomic E-state index is 14.5. The van der Waals surface area contributed by atoms with E-state index >= 15 is 0 Å². The van der Waals surface area contributed by atoms with Gasteiger partial charge in [-0.05, 0) is 31.5 Å². The van der Waals surface area contributed by atoms with E-state index in [9.17, 15) is 18.4 Å². The summed E-state index contributed by atoms with van der Waals surface area (Å²) in [4.78, 5) is 29.3. The van der Waals surface area contributed by atoms with Gasteiger partial charge in [-0.15, -0.1) is 11.8 Å². The van der Waals surface area contributed by atoms with Gasteiger partial charge in [-0.1, -0.05) is 53.6 Å². The van der Waals surface area contributed by atoms with Gasteiger partial charge in [-0.3, -0.25) is 9.69 Å². The fourth-order valence-electron chi connectivity index (χ4n) is 4.80. The highest BCUT2D eigenvalue weighted by molar-refractivity contribution is 8.01. The van der Waals surface area contributed by atoms with E-state index in [-0.39, 0.29) is 24.0 Å². The molecule has 0 unspecified atom stereocenters. The fourth-order valence-corrected chi connectivity index (χ4v) is 6.25. The average molecular weight is 494 g/mol. The molecule has 0 radical (unpaired) electrons. The molecular weight excluding hydrogens is 468 g/mol. The highest BCUT2D eigenvalue weighted by Gasteiger charge is 2.59. The van der Waals surface area contributed by atoms with Gasteiger partial charge >= 0.3 is 6.03 Å². The molecule has 180 valence electrons. The molecule has 0 aliphatic carbocycles. The lowest BCUT2D eigenvalue weighted by Gasteiger charge is -2.33. The third-order valence-electron chi connectivity index (χ3n) is 6.46.